The number of nitriles is 1. The number of hydrogen-bond donors (Lipinski definition) is 1. The number of benzene rings is 1. The topological polar surface area (TPSA) is 91.3 Å². The smallest absolute Gasteiger partial charge is 0.271 e. The average Bonchev–Trinajstić information content (AvgIpc) is 2.37. The second-order valence-electron chi connectivity index (χ2n) is 3.43. The summed E-state index contributed by atoms with van der Waals surface area (Å²) >= 11 is 0.846. The summed E-state index contributed by atoms with van der Waals surface area (Å²) in [5.41, 5.74) is -3.32. The maximum atomic E-state index is 13.3. The molecule has 0 fully saturated rings. The van der Waals surface area contributed by atoms with Crippen LogP contribution >= 0.6 is 11.8 Å². The van der Waals surface area contributed by atoms with Crippen molar-refractivity contribution in [3.63, 3.8) is 0 Å². The van der Waals surface area contributed by atoms with E-state index in [1.54, 1.807) is 0 Å². The fraction of sp³-hybridized carbons (Fsp3) is 0.200. The van der Waals surface area contributed by atoms with Gasteiger partial charge in [0, 0.05) is 0 Å². The van der Waals surface area contributed by atoms with Crippen molar-refractivity contribution in [1.82, 2.24) is 5.32 Å². The number of nitro benzene ring substituents is 1. The normalized spacial score (nSPS) is 11.9. The van der Waals surface area contributed by atoms with E-state index in [1.165, 1.54) is 12.4 Å². The molecular weight excluding hydrogens is 316 g/mol. The Labute approximate surface area is 119 Å². The highest BCUT2D eigenvalue weighted by Crippen LogP contribution is 2.38. The van der Waals surface area contributed by atoms with Crippen LogP contribution in [0.4, 0.5) is 28.9 Å². The summed E-state index contributed by atoms with van der Waals surface area (Å²) in [6.07, 6.45) is -2.10. The van der Waals surface area contributed by atoms with E-state index < -0.39 is 33.9 Å². The molecule has 0 amide bonds. The molecule has 0 unspecified atom stereocenters. The molecule has 0 aromatic heterocycles. The molecule has 1 N–H and O–H groups in total. The molecule has 0 saturated heterocycles. The molecule has 6 nitrogen and oxygen atoms in total. The Morgan fingerprint density at radius 3 is 2.57 bits per heavy atom. The van der Waals surface area contributed by atoms with E-state index in [4.69, 9.17) is 5.26 Å². The van der Waals surface area contributed by atoms with Crippen LogP contribution in [0.3, 0.4) is 0 Å². The second kappa shape index (κ2) is 6.40. The molecule has 112 valence electrons. The number of nitrogens with one attached hydrogen (secondary N) is 1. The average molecular weight is 322 g/mol. The highest BCUT2D eigenvalue weighted by Gasteiger charge is 2.36. The van der Waals surface area contributed by atoms with Gasteiger partial charge in [-0.25, -0.2) is 9.38 Å². The van der Waals surface area contributed by atoms with Crippen LogP contribution in [0.25, 0.3) is 0 Å². The van der Waals surface area contributed by atoms with Crippen molar-refractivity contribution in [3.05, 3.63) is 33.6 Å². The van der Waals surface area contributed by atoms with Crippen LogP contribution in [0.2, 0.25) is 0 Å². The van der Waals surface area contributed by atoms with Crippen LogP contribution < -0.4 is 5.32 Å². The molecule has 0 heterocycles. The summed E-state index contributed by atoms with van der Waals surface area (Å²) in [6.45, 7) is 0. The second-order valence-corrected chi connectivity index (χ2v) is 4.23. The molecule has 1 rings (SSSR count). The zero-order valence-corrected chi connectivity index (χ0v) is 11.0. The first kappa shape index (κ1) is 16.7. The van der Waals surface area contributed by atoms with E-state index in [2.05, 4.69) is 4.99 Å². The minimum atomic E-state index is -5.02. The Hall–Kier alpha value is -2.35. The standard InChI is InChI=1S/C10H6F4N4O2S/c1-21-9(16-4-15)17-7-2-5(10(12,13)14)6(11)3-8(7)18(19)20/h2-3H,1H3,(H,16,17). The Bertz CT molecular complexity index is 639. The van der Waals surface area contributed by atoms with Crippen LogP contribution in [0.1, 0.15) is 5.56 Å². The van der Waals surface area contributed by atoms with Gasteiger partial charge in [-0.2, -0.15) is 18.4 Å². The van der Waals surface area contributed by atoms with Gasteiger partial charge in [-0.1, -0.05) is 11.8 Å². The first-order chi connectivity index (χ1) is 9.70. The zero-order valence-electron chi connectivity index (χ0n) is 10.2. The largest absolute Gasteiger partial charge is 0.419 e. The third-order valence-corrected chi connectivity index (χ3v) is 2.72. The van der Waals surface area contributed by atoms with Crippen molar-refractivity contribution in [2.24, 2.45) is 4.99 Å². The summed E-state index contributed by atoms with van der Waals surface area (Å²) in [7, 11) is 0. The molecule has 11 heteroatoms. The first-order valence-corrected chi connectivity index (χ1v) is 6.26. The summed E-state index contributed by atoms with van der Waals surface area (Å²) in [5.74, 6) is -1.77. The maximum absolute atomic E-state index is 13.3. The molecule has 0 aliphatic rings. The molecule has 1 aromatic carbocycles. The van der Waals surface area contributed by atoms with Crippen molar-refractivity contribution in [3.8, 4) is 6.19 Å². The number of thioether (sulfide) groups is 1. The van der Waals surface area contributed by atoms with Crippen LogP contribution in [0, 0.1) is 27.4 Å². The van der Waals surface area contributed by atoms with E-state index in [9.17, 15) is 27.7 Å². The number of nitrogens with zero attached hydrogens (tertiary/aromatic N) is 3. The number of amidine groups is 1. The van der Waals surface area contributed by atoms with E-state index in [1.807, 2.05) is 5.32 Å². The SMILES string of the molecule is CSC(=Nc1cc(C(F)(F)F)c(F)cc1[N+](=O)[O-])NC#N. The van der Waals surface area contributed by atoms with Gasteiger partial charge in [0.05, 0.1) is 16.6 Å². The Morgan fingerprint density at radius 1 is 1.52 bits per heavy atom. The predicted octanol–water partition coefficient (Wildman–Crippen LogP) is 3.17. The lowest BCUT2D eigenvalue weighted by Crippen LogP contribution is -2.13. The van der Waals surface area contributed by atoms with Gasteiger partial charge in [-0.3, -0.25) is 15.4 Å². The molecule has 0 aliphatic carbocycles. The highest BCUT2D eigenvalue weighted by molar-refractivity contribution is 8.13. The van der Waals surface area contributed by atoms with Gasteiger partial charge < -0.3 is 0 Å². The highest BCUT2D eigenvalue weighted by atomic mass is 32.2. The Morgan fingerprint density at radius 2 is 2.14 bits per heavy atom. The number of nitro groups is 1. The van der Waals surface area contributed by atoms with Gasteiger partial charge in [-0.05, 0) is 12.3 Å². The molecule has 21 heavy (non-hydrogen) atoms. The van der Waals surface area contributed by atoms with Crippen LogP contribution in [-0.2, 0) is 6.18 Å². The summed E-state index contributed by atoms with van der Waals surface area (Å²) < 4.78 is 51.1. The molecule has 0 spiro atoms. The van der Waals surface area contributed by atoms with E-state index in [-0.39, 0.29) is 17.3 Å². The lowest BCUT2D eigenvalue weighted by molar-refractivity contribution is -0.384. The van der Waals surface area contributed by atoms with E-state index in [0.29, 0.717) is 0 Å². The monoisotopic (exact) mass is 322 g/mol. The molecule has 0 bridgehead atoms. The number of alkyl halides is 3. The van der Waals surface area contributed by atoms with Crippen molar-refractivity contribution >= 4 is 28.3 Å². The van der Waals surface area contributed by atoms with Gasteiger partial charge in [0.2, 0.25) is 0 Å². The van der Waals surface area contributed by atoms with E-state index >= 15 is 0 Å². The van der Waals surface area contributed by atoms with Gasteiger partial charge in [0.25, 0.3) is 5.69 Å². The van der Waals surface area contributed by atoms with Crippen LogP contribution in [0.15, 0.2) is 17.1 Å². The molecular formula is C10H6F4N4O2S. The summed E-state index contributed by atoms with van der Waals surface area (Å²) in [6, 6.07) is 0.370. The van der Waals surface area contributed by atoms with Crippen molar-refractivity contribution in [2.45, 2.75) is 6.18 Å². The molecule has 0 saturated carbocycles. The third kappa shape index (κ3) is 4.06. The number of hydrogen-bond acceptors (Lipinski definition) is 5. The lowest BCUT2D eigenvalue weighted by Gasteiger charge is -2.09. The van der Waals surface area contributed by atoms with Crippen LogP contribution in [0.5, 0.6) is 0 Å². The van der Waals surface area contributed by atoms with Crippen LogP contribution in [-0.4, -0.2) is 16.3 Å². The Balaban J connectivity index is 3.54. The molecule has 0 aliphatic heterocycles. The van der Waals surface area contributed by atoms with Gasteiger partial charge >= 0.3 is 6.18 Å². The fourth-order valence-electron chi connectivity index (χ4n) is 1.29. The molecule has 0 radical (unpaired) electrons. The molecule has 0 atom stereocenters. The quantitative estimate of drug-likeness (QED) is 0.172. The minimum absolute atomic E-state index is 0.145. The first-order valence-electron chi connectivity index (χ1n) is 5.03. The number of aliphatic imine (C=N–C) groups is 1. The van der Waals surface area contributed by atoms with Crippen molar-refractivity contribution in [2.75, 3.05) is 6.26 Å². The summed E-state index contributed by atoms with van der Waals surface area (Å²) in [5, 5.41) is 21.1. The zero-order chi connectivity index (χ0) is 16.2. The fourth-order valence-corrected chi connectivity index (χ4v) is 1.62. The van der Waals surface area contributed by atoms with Gasteiger partial charge in [-0.15, -0.1) is 0 Å². The summed E-state index contributed by atoms with van der Waals surface area (Å²) in [4.78, 5) is 13.2. The number of halogens is 4. The number of rotatable bonds is 2. The van der Waals surface area contributed by atoms with E-state index in [0.717, 1.165) is 11.8 Å². The van der Waals surface area contributed by atoms with Gasteiger partial charge in [0.15, 0.2) is 11.4 Å². The minimum Gasteiger partial charge on any atom is -0.271 e. The predicted molar refractivity (Wildman–Crippen MR) is 67.4 cm³/mol. The third-order valence-electron chi connectivity index (χ3n) is 2.14. The lowest BCUT2D eigenvalue weighted by atomic mass is 10.1. The van der Waals surface area contributed by atoms with Gasteiger partial charge in [0.1, 0.15) is 11.5 Å². The van der Waals surface area contributed by atoms with Crippen molar-refractivity contribution < 1.29 is 22.5 Å². The molecule has 1 aromatic rings. The van der Waals surface area contributed by atoms with Crippen molar-refractivity contribution in [1.29, 1.82) is 5.26 Å². The Kier molecular flexibility index (Phi) is 5.09. The maximum Gasteiger partial charge on any atom is 0.419 e.